The molecule has 0 aliphatic carbocycles. The minimum Gasteiger partial charge on any atom is -0.381 e. The molecule has 1 saturated heterocycles. The molecule has 0 aromatic carbocycles. The van der Waals surface area contributed by atoms with Crippen molar-refractivity contribution in [3.63, 3.8) is 0 Å². The van der Waals surface area contributed by atoms with Gasteiger partial charge in [-0.15, -0.1) is 0 Å². The number of hydrogen-bond acceptors (Lipinski definition) is 2. The monoisotopic (exact) mass is 328 g/mol. The topological polar surface area (TPSA) is 43.3 Å². The van der Waals surface area contributed by atoms with E-state index in [0.717, 1.165) is 55.7 Å². The van der Waals surface area contributed by atoms with Crippen LogP contribution in [0.3, 0.4) is 0 Å². The molecular weight excluding hydrogens is 308 g/mol. The molecule has 1 aromatic heterocycles. The van der Waals surface area contributed by atoms with Crippen LogP contribution in [0.4, 0.5) is 0 Å². The van der Waals surface area contributed by atoms with Crippen molar-refractivity contribution < 1.29 is 9.53 Å². The van der Waals surface area contributed by atoms with E-state index in [9.17, 15) is 4.79 Å². The molecule has 5 heteroatoms. The molecule has 1 unspecified atom stereocenters. The fourth-order valence-corrected chi connectivity index (χ4v) is 2.85. The van der Waals surface area contributed by atoms with Gasteiger partial charge in [0, 0.05) is 37.0 Å². The Morgan fingerprint density at radius 1 is 1.63 bits per heavy atom. The number of amides is 1. The van der Waals surface area contributed by atoms with E-state index in [1.807, 2.05) is 16.8 Å². The summed E-state index contributed by atoms with van der Waals surface area (Å²) < 4.78 is 8.28. The standard InChI is InChI=1S/C14H21BrN2O2/c1-2-6-17-9-12(15)8-13(17)14(18)16-5-3-11-4-7-19-10-11/h8-9,11H,2-7,10H2,1H3,(H,16,18). The normalized spacial score (nSPS) is 18.7. The lowest BCUT2D eigenvalue weighted by molar-refractivity contribution is 0.0941. The average Bonchev–Trinajstić information content (AvgIpc) is 2.99. The van der Waals surface area contributed by atoms with E-state index >= 15 is 0 Å². The van der Waals surface area contributed by atoms with E-state index in [2.05, 4.69) is 28.2 Å². The fourth-order valence-electron chi connectivity index (χ4n) is 2.38. The van der Waals surface area contributed by atoms with Gasteiger partial charge in [0.2, 0.25) is 0 Å². The van der Waals surface area contributed by atoms with Crippen LogP contribution in [0.25, 0.3) is 0 Å². The maximum atomic E-state index is 12.1. The van der Waals surface area contributed by atoms with Crippen LogP contribution < -0.4 is 5.32 Å². The quantitative estimate of drug-likeness (QED) is 0.872. The fraction of sp³-hybridized carbons (Fsp3) is 0.643. The minimum atomic E-state index is 0.0121. The van der Waals surface area contributed by atoms with Gasteiger partial charge in [-0.2, -0.15) is 0 Å². The lowest BCUT2D eigenvalue weighted by Gasteiger charge is -2.10. The van der Waals surface area contributed by atoms with E-state index in [1.54, 1.807) is 0 Å². The summed E-state index contributed by atoms with van der Waals surface area (Å²) in [6.07, 6.45) is 5.10. The average molecular weight is 329 g/mol. The molecule has 1 N–H and O–H groups in total. The van der Waals surface area contributed by atoms with Crippen LogP contribution in [0.15, 0.2) is 16.7 Å². The summed E-state index contributed by atoms with van der Waals surface area (Å²) in [5, 5.41) is 3.00. The number of aryl methyl sites for hydroxylation is 1. The molecular formula is C14H21BrN2O2. The summed E-state index contributed by atoms with van der Waals surface area (Å²) in [5.41, 5.74) is 0.733. The Hall–Kier alpha value is -0.810. The summed E-state index contributed by atoms with van der Waals surface area (Å²) in [5.74, 6) is 0.618. The van der Waals surface area contributed by atoms with Crippen molar-refractivity contribution in [2.24, 2.45) is 5.92 Å². The van der Waals surface area contributed by atoms with Gasteiger partial charge in [-0.25, -0.2) is 0 Å². The zero-order valence-electron chi connectivity index (χ0n) is 11.3. The highest BCUT2D eigenvalue weighted by Gasteiger charge is 2.16. The van der Waals surface area contributed by atoms with E-state index in [1.165, 1.54) is 0 Å². The number of rotatable bonds is 6. The Kier molecular flexibility index (Phi) is 5.45. The highest BCUT2D eigenvalue weighted by molar-refractivity contribution is 9.10. The first-order valence-corrected chi connectivity index (χ1v) is 7.71. The van der Waals surface area contributed by atoms with Crippen molar-refractivity contribution >= 4 is 21.8 Å². The molecule has 0 radical (unpaired) electrons. The highest BCUT2D eigenvalue weighted by Crippen LogP contribution is 2.17. The first kappa shape index (κ1) is 14.6. The summed E-state index contributed by atoms with van der Waals surface area (Å²) in [6.45, 7) is 5.40. The molecule has 2 heterocycles. The Morgan fingerprint density at radius 2 is 2.47 bits per heavy atom. The molecule has 1 aliphatic rings. The number of ether oxygens (including phenoxy) is 1. The van der Waals surface area contributed by atoms with Crippen LogP contribution in [0.2, 0.25) is 0 Å². The summed E-state index contributed by atoms with van der Waals surface area (Å²) in [7, 11) is 0. The lowest BCUT2D eigenvalue weighted by Crippen LogP contribution is -2.28. The maximum absolute atomic E-state index is 12.1. The van der Waals surface area contributed by atoms with Gasteiger partial charge in [0.25, 0.3) is 5.91 Å². The van der Waals surface area contributed by atoms with Crippen molar-refractivity contribution in [3.05, 3.63) is 22.4 Å². The number of nitrogens with one attached hydrogen (secondary N) is 1. The summed E-state index contributed by atoms with van der Waals surface area (Å²) in [6, 6.07) is 1.88. The highest BCUT2D eigenvalue weighted by atomic mass is 79.9. The Bertz CT molecular complexity index is 425. The zero-order valence-corrected chi connectivity index (χ0v) is 12.9. The molecule has 19 heavy (non-hydrogen) atoms. The van der Waals surface area contributed by atoms with Crippen LogP contribution in [0.5, 0.6) is 0 Å². The maximum Gasteiger partial charge on any atom is 0.267 e. The van der Waals surface area contributed by atoms with Gasteiger partial charge in [-0.05, 0) is 47.2 Å². The van der Waals surface area contributed by atoms with Crippen LogP contribution >= 0.6 is 15.9 Å². The molecule has 2 rings (SSSR count). The number of nitrogens with zero attached hydrogens (tertiary/aromatic N) is 1. The number of carbonyl (C=O) groups is 1. The van der Waals surface area contributed by atoms with Gasteiger partial charge in [0.15, 0.2) is 0 Å². The predicted molar refractivity (Wildman–Crippen MR) is 78.3 cm³/mol. The van der Waals surface area contributed by atoms with E-state index < -0.39 is 0 Å². The van der Waals surface area contributed by atoms with E-state index in [4.69, 9.17) is 4.74 Å². The van der Waals surface area contributed by atoms with E-state index in [-0.39, 0.29) is 5.91 Å². The molecule has 0 spiro atoms. The lowest BCUT2D eigenvalue weighted by atomic mass is 10.1. The number of aromatic nitrogens is 1. The second-order valence-electron chi connectivity index (χ2n) is 5.01. The number of carbonyl (C=O) groups excluding carboxylic acids is 1. The van der Waals surface area contributed by atoms with Crippen LogP contribution in [0.1, 0.15) is 36.7 Å². The minimum absolute atomic E-state index is 0.0121. The van der Waals surface area contributed by atoms with Gasteiger partial charge < -0.3 is 14.6 Å². The molecule has 1 amide bonds. The molecule has 1 aliphatic heterocycles. The molecule has 106 valence electrons. The van der Waals surface area contributed by atoms with Gasteiger partial charge >= 0.3 is 0 Å². The summed E-state index contributed by atoms with van der Waals surface area (Å²) >= 11 is 3.43. The van der Waals surface area contributed by atoms with Gasteiger partial charge in [-0.3, -0.25) is 4.79 Å². The first-order chi connectivity index (χ1) is 9.20. The Labute approximate surface area is 122 Å². The van der Waals surface area contributed by atoms with Gasteiger partial charge in [0.05, 0.1) is 0 Å². The smallest absolute Gasteiger partial charge is 0.267 e. The molecule has 1 atom stereocenters. The van der Waals surface area contributed by atoms with Crippen molar-refractivity contribution in [1.29, 1.82) is 0 Å². The van der Waals surface area contributed by atoms with Crippen molar-refractivity contribution in [1.82, 2.24) is 9.88 Å². The second-order valence-corrected chi connectivity index (χ2v) is 5.93. The summed E-state index contributed by atoms with van der Waals surface area (Å²) in [4.78, 5) is 12.1. The SMILES string of the molecule is CCCn1cc(Br)cc1C(=O)NCCC1CCOC1. The molecule has 1 fully saturated rings. The molecule has 1 aromatic rings. The van der Waals surface area contributed by atoms with Crippen LogP contribution in [0, 0.1) is 5.92 Å². The zero-order chi connectivity index (χ0) is 13.7. The van der Waals surface area contributed by atoms with Gasteiger partial charge in [0.1, 0.15) is 5.69 Å². The van der Waals surface area contributed by atoms with Crippen LogP contribution in [-0.4, -0.2) is 30.2 Å². The first-order valence-electron chi connectivity index (χ1n) is 6.92. The van der Waals surface area contributed by atoms with Crippen molar-refractivity contribution in [2.75, 3.05) is 19.8 Å². The molecule has 0 saturated carbocycles. The third-order valence-electron chi connectivity index (χ3n) is 3.42. The number of hydrogen-bond donors (Lipinski definition) is 1. The Balaban J connectivity index is 1.84. The van der Waals surface area contributed by atoms with Crippen molar-refractivity contribution in [3.8, 4) is 0 Å². The van der Waals surface area contributed by atoms with Crippen LogP contribution in [-0.2, 0) is 11.3 Å². The van der Waals surface area contributed by atoms with Crippen molar-refractivity contribution in [2.45, 2.75) is 32.7 Å². The predicted octanol–water partition coefficient (Wildman–Crippen LogP) is 2.82. The van der Waals surface area contributed by atoms with Gasteiger partial charge in [-0.1, -0.05) is 6.92 Å². The third-order valence-corrected chi connectivity index (χ3v) is 3.86. The second kappa shape index (κ2) is 7.10. The largest absolute Gasteiger partial charge is 0.381 e. The molecule has 0 bridgehead atoms. The van der Waals surface area contributed by atoms with E-state index in [0.29, 0.717) is 5.92 Å². The Morgan fingerprint density at radius 3 is 3.16 bits per heavy atom. The number of halogens is 1. The molecule has 4 nitrogen and oxygen atoms in total. The third kappa shape index (κ3) is 4.08.